The number of rotatable bonds is 6. The lowest BCUT2D eigenvalue weighted by Crippen LogP contribution is -2.39. The average molecular weight is 313 g/mol. The third-order valence-corrected chi connectivity index (χ3v) is 4.30. The molecule has 21 heavy (non-hydrogen) atoms. The van der Waals surface area contributed by atoms with Gasteiger partial charge < -0.3 is 10.9 Å². The maximum absolute atomic E-state index is 12.2. The number of oxime groups is 1. The minimum atomic E-state index is -3.54. The summed E-state index contributed by atoms with van der Waals surface area (Å²) >= 11 is 0. The first-order valence-corrected chi connectivity index (χ1v) is 8.32. The summed E-state index contributed by atoms with van der Waals surface area (Å²) in [6.07, 6.45) is 0.514. The van der Waals surface area contributed by atoms with Gasteiger partial charge in [-0.25, -0.2) is 8.42 Å². The molecule has 118 valence electrons. The van der Waals surface area contributed by atoms with Crippen LogP contribution in [0.5, 0.6) is 0 Å². The second-order valence-electron chi connectivity index (χ2n) is 6.12. The largest absolute Gasteiger partial charge is 0.409 e. The van der Waals surface area contributed by atoms with Crippen molar-refractivity contribution in [1.82, 2.24) is 4.72 Å². The number of sulfonamides is 1. The van der Waals surface area contributed by atoms with Crippen LogP contribution in [0.4, 0.5) is 0 Å². The molecule has 0 bridgehead atoms. The zero-order chi connectivity index (χ0) is 16.1. The highest BCUT2D eigenvalue weighted by atomic mass is 32.2. The van der Waals surface area contributed by atoms with Gasteiger partial charge in [0.2, 0.25) is 10.0 Å². The summed E-state index contributed by atoms with van der Waals surface area (Å²) in [5.41, 5.74) is 6.14. The van der Waals surface area contributed by atoms with Gasteiger partial charge in [-0.2, -0.15) is 4.72 Å². The molecule has 0 aliphatic heterocycles. The zero-order valence-electron chi connectivity index (χ0n) is 12.6. The van der Waals surface area contributed by atoms with Gasteiger partial charge in [-0.05, 0) is 17.4 Å². The maximum atomic E-state index is 12.2. The van der Waals surface area contributed by atoms with E-state index in [2.05, 4.69) is 9.88 Å². The van der Waals surface area contributed by atoms with E-state index in [1.54, 1.807) is 30.3 Å². The Morgan fingerprint density at radius 2 is 1.90 bits per heavy atom. The van der Waals surface area contributed by atoms with Crippen molar-refractivity contribution >= 4 is 15.9 Å². The van der Waals surface area contributed by atoms with Crippen LogP contribution in [0.1, 0.15) is 38.8 Å². The van der Waals surface area contributed by atoms with Gasteiger partial charge in [-0.1, -0.05) is 56.3 Å². The molecule has 0 aliphatic rings. The van der Waals surface area contributed by atoms with Crippen molar-refractivity contribution in [2.75, 3.05) is 5.75 Å². The number of nitrogens with zero attached hydrogens (tertiary/aromatic N) is 1. The Labute approximate surface area is 126 Å². The standard InChI is InChI=1S/C14H23N3O3S/c1-14(2,3)9-10-21(19,20)17-12(13(15)16-18)11-7-5-4-6-8-11/h4-8,12,17-18H,9-10H2,1-3H3,(H2,15,16). The number of benzene rings is 1. The number of hydrogen-bond acceptors (Lipinski definition) is 4. The third kappa shape index (κ3) is 6.14. The maximum Gasteiger partial charge on any atom is 0.212 e. The Kier molecular flexibility index (Phi) is 5.74. The first kappa shape index (κ1) is 17.5. The van der Waals surface area contributed by atoms with E-state index in [1.807, 2.05) is 20.8 Å². The van der Waals surface area contributed by atoms with Crippen LogP contribution >= 0.6 is 0 Å². The van der Waals surface area contributed by atoms with Crippen molar-refractivity contribution in [2.45, 2.75) is 33.2 Å². The predicted molar refractivity (Wildman–Crippen MR) is 83.6 cm³/mol. The van der Waals surface area contributed by atoms with Crippen molar-refractivity contribution in [2.24, 2.45) is 16.3 Å². The molecular formula is C14H23N3O3S. The second kappa shape index (κ2) is 6.91. The minimum absolute atomic E-state index is 0.0153. The molecule has 0 saturated heterocycles. The van der Waals surface area contributed by atoms with Crippen molar-refractivity contribution in [1.29, 1.82) is 0 Å². The van der Waals surface area contributed by atoms with E-state index in [0.29, 0.717) is 12.0 Å². The van der Waals surface area contributed by atoms with Gasteiger partial charge in [0, 0.05) is 0 Å². The zero-order valence-corrected chi connectivity index (χ0v) is 13.4. The summed E-state index contributed by atoms with van der Waals surface area (Å²) in [4.78, 5) is 0. The van der Waals surface area contributed by atoms with Crippen LogP contribution in [0, 0.1) is 5.41 Å². The van der Waals surface area contributed by atoms with E-state index < -0.39 is 16.1 Å². The van der Waals surface area contributed by atoms with E-state index in [1.165, 1.54) is 0 Å². The highest BCUT2D eigenvalue weighted by Crippen LogP contribution is 2.20. The van der Waals surface area contributed by atoms with E-state index in [0.717, 1.165) is 0 Å². The van der Waals surface area contributed by atoms with Crippen molar-refractivity contribution < 1.29 is 13.6 Å². The van der Waals surface area contributed by atoms with Gasteiger partial charge in [0.1, 0.15) is 6.04 Å². The SMILES string of the molecule is CC(C)(C)CCS(=O)(=O)NC(/C(N)=N/O)c1ccccc1. The Morgan fingerprint density at radius 1 is 1.33 bits per heavy atom. The number of amidine groups is 1. The molecule has 0 aromatic heterocycles. The predicted octanol–water partition coefficient (Wildman–Crippen LogP) is 1.83. The van der Waals surface area contributed by atoms with Gasteiger partial charge >= 0.3 is 0 Å². The van der Waals surface area contributed by atoms with Gasteiger partial charge in [0.15, 0.2) is 5.84 Å². The number of nitrogens with one attached hydrogen (secondary N) is 1. The van der Waals surface area contributed by atoms with Crippen LogP contribution in [-0.4, -0.2) is 25.2 Å². The molecule has 0 radical (unpaired) electrons. The highest BCUT2D eigenvalue weighted by Gasteiger charge is 2.24. The first-order valence-electron chi connectivity index (χ1n) is 6.67. The Hall–Kier alpha value is -1.60. The lowest BCUT2D eigenvalue weighted by molar-refractivity contribution is 0.315. The van der Waals surface area contributed by atoms with Crippen LogP contribution in [0.25, 0.3) is 0 Å². The molecule has 1 atom stereocenters. The molecule has 6 nitrogen and oxygen atoms in total. The topological polar surface area (TPSA) is 105 Å². The third-order valence-electron chi connectivity index (χ3n) is 2.96. The average Bonchev–Trinajstić information content (AvgIpc) is 2.42. The molecule has 0 aliphatic carbocycles. The minimum Gasteiger partial charge on any atom is -0.409 e. The first-order chi connectivity index (χ1) is 9.64. The molecule has 7 heteroatoms. The second-order valence-corrected chi connectivity index (χ2v) is 7.99. The molecule has 1 aromatic rings. The monoisotopic (exact) mass is 313 g/mol. The fourth-order valence-corrected chi connectivity index (χ4v) is 3.30. The van der Waals surface area contributed by atoms with Crippen molar-refractivity contribution in [3.05, 3.63) is 35.9 Å². The van der Waals surface area contributed by atoms with Crippen molar-refractivity contribution in [3.63, 3.8) is 0 Å². The number of nitrogens with two attached hydrogens (primary N) is 1. The van der Waals surface area contributed by atoms with Crippen LogP contribution in [-0.2, 0) is 10.0 Å². The molecule has 1 aromatic carbocycles. The van der Waals surface area contributed by atoms with Crippen LogP contribution in [0.3, 0.4) is 0 Å². The molecule has 1 unspecified atom stereocenters. The van der Waals surface area contributed by atoms with Gasteiger partial charge in [0.05, 0.1) is 5.75 Å². The van der Waals surface area contributed by atoms with E-state index in [-0.39, 0.29) is 17.0 Å². The summed E-state index contributed by atoms with van der Waals surface area (Å²) in [6, 6.07) is 7.89. The fraction of sp³-hybridized carbons (Fsp3) is 0.500. The summed E-state index contributed by atoms with van der Waals surface area (Å²) in [5, 5.41) is 11.8. The summed E-state index contributed by atoms with van der Waals surface area (Å²) < 4.78 is 26.8. The smallest absolute Gasteiger partial charge is 0.212 e. The normalized spacial score (nSPS) is 14.9. The Bertz CT molecular complexity index is 577. The van der Waals surface area contributed by atoms with E-state index in [4.69, 9.17) is 10.9 Å². The summed E-state index contributed by atoms with van der Waals surface area (Å²) in [5.74, 6) is -0.209. The van der Waals surface area contributed by atoms with Gasteiger partial charge in [0.25, 0.3) is 0 Å². The molecule has 4 N–H and O–H groups in total. The molecule has 1 rings (SSSR count). The highest BCUT2D eigenvalue weighted by molar-refractivity contribution is 7.89. The molecule has 0 spiro atoms. The lowest BCUT2D eigenvalue weighted by atomic mass is 9.94. The van der Waals surface area contributed by atoms with Crippen LogP contribution in [0.15, 0.2) is 35.5 Å². The van der Waals surface area contributed by atoms with Crippen LogP contribution in [0.2, 0.25) is 0 Å². The van der Waals surface area contributed by atoms with Gasteiger partial charge in [-0.3, -0.25) is 0 Å². The molecule has 0 fully saturated rings. The summed E-state index contributed by atoms with van der Waals surface area (Å²) in [7, 11) is -3.54. The molecule has 0 saturated carbocycles. The van der Waals surface area contributed by atoms with Crippen LogP contribution < -0.4 is 10.5 Å². The number of hydrogen-bond donors (Lipinski definition) is 3. The fourth-order valence-electron chi connectivity index (χ4n) is 1.68. The molecule has 0 heterocycles. The van der Waals surface area contributed by atoms with Crippen molar-refractivity contribution in [3.8, 4) is 0 Å². The van der Waals surface area contributed by atoms with Gasteiger partial charge in [-0.15, -0.1) is 0 Å². The lowest BCUT2D eigenvalue weighted by Gasteiger charge is -2.21. The molecule has 0 amide bonds. The Morgan fingerprint density at radius 3 is 2.38 bits per heavy atom. The molecular weight excluding hydrogens is 290 g/mol. The Balaban J connectivity index is 2.92. The van der Waals surface area contributed by atoms with E-state index in [9.17, 15) is 8.42 Å². The summed E-state index contributed by atoms with van der Waals surface area (Å²) in [6.45, 7) is 5.92. The van der Waals surface area contributed by atoms with E-state index >= 15 is 0 Å². The quantitative estimate of drug-likeness (QED) is 0.322.